The number of allylic oxidation sites excluding steroid dienone is 4. The van der Waals surface area contributed by atoms with Gasteiger partial charge in [0.2, 0.25) is 0 Å². The van der Waals surface area contributed by atoms with Crippen molar-refractivity contribution in [1.29, 1.82) is 0 Å². The number of hydrogen-bond donors (Lipinski definition) is 1. The van der Waals surface area contributed by atoms with Gasteiger partial charge in [0.15, 0.2) is 0 Å². The smallest absolute Gasteiger partial charge is 0.143 e. The molecule has 0 aliphatic heterocycles. The first-order chi connectivity index (χ1) is 22.2. The van der Waals surface area contributed by atoms with E-state index in [9.17, 15) is 0 Å². The van der Waals surface area contributed by atoms with Gasteiger partial charge in [-0.15, -0.1) is 11.3 Å². The van der Waals surface area contributed by atoms with Gasteiger partial charge in [-0.05, 0) is 53.3 Å². The van der Waals surface area contributed by atoms with Gasteiger partial charge in [-0.2, -0.15) is 0 Å². The molecule has 0 fully saturated rings. The standard InChI is InChI=1S/C41H30N2OS/c42-39-36(24-34(27-10-2-1-3-11-27)41-38(39)33-15-7-9-17-37(33)45-41)44-25-26-18-21-29(22-19-26)43-35-16-8-6-14-31(35)32-23-20-28-12-4-5-13-30(28)40(32)43/h1-10,12-24,27H,11,25,42H2. The summed E-state index contributed by atoms with van der Waals surface area (Å²) in [6.07, 6.45) is 9.77. The van der Waals surface area contributed by atoms with Crippen molar-refractivity contribution in [2.75, 3.05) is 5.73 Å². The number of nitrogens with two attached hydrogens (primary N) is 1. The van der Waals surface area contributed by atoms with Gasteiger partial charge in [0.25, 0.3) is 0 Å². The van der Waals surface area contributed by atoms with Crippen molar-refractivity contribution in [2.45, 2.75) is 18.9 Å². The molecule has 0 bridgehead atoms. The van der Waals surface area contributed by atoms with Gasteiger partial charge >= 0.3 is 0 Å². The normalized spacial score (nSPS) is 14.8. The van der Waals surface area contributed by atoms with Crippen molar-refractivity contribution < 1.29 is 4.74 Å². The summed E-state index contributed by atoms with van der Waals surface area (Å²) in [5.41, 5.74) is 13.5. The number of rotatable bonds is 5. The molecule has 216 valence electrons. The van der Waals surface area contributed by atoms with Gasteiger partial charge in [0.05, 0.1) is 16.7 Å². The van der Waals surface area contributed by atoms with E-state index in [1.165, 1.54) is 52.9 Å². The van der Waals surface area contributed by atoms with Crippen LogP contribution in [0.25, 0.3) is 58.4 Å². The fourth-order valence-corrected chi connectivity index (χ4v) is 8.33. The number of nitrogen functional groups attached to an aromatic ring is 1. The summed E-state index contributed by atoms with van der Waals surface area (Å²) < 4.78 is 11.4. The minimum absolute atomic E-state index is 0.301. The number of ether oxygens (including phenoxy) is 1. The maximum absolute atomic E-state index is 6.88. The number of thiophene rings is 1. The number of aromatic nitrogens is 1. The first kappa shape index (κ1) is 26.1. The molecule has 0 spiro atoms. The molecule has 1 atom stereocenters. The molecule has 6 aromatic carbocycles. The third-order valence-electron chi connectivity index (χ3n) is 9.21. The molecule has 45 heavy (non-hydrogen) atoms. The first-order valence-electron chi connectivity index (χ1n) is 15.4. The Hall–Kier alpha value is -5.32. The Kier molecular flexibility index (Phi) is 6.03. The SMILES string of the molecule is Nc1c(OCc2ccc(-n3c4ccccc4c4ccc5ccccc5c43)cc2)cc(C2C=CC=CC2)c2sc3ccccc3c12. The van der Waals surface area contributed by atoms with Crippen molar-refractivity contribution in [2.24, 2.45) is 0 Å². The van der Waals surface area contributed by atoms with E-state index >= 15 is 0 Å². The zero-order chi connectivity index (χ0) is 29.9. The zero-order valence-electron chi connectivity index (χ0n) is 24.6. The average Bonchev–Trinajstić information content (AvgIpc) is 3.66. The Balaban J connectivity index is 1.10. The number of nitrogens with zero attached hydrogens (tertiary/aromatic N) is 1. The molecule has 8 aromatic rings. The molecule has 2 heterocycles. The van der Waals surface area contributed by atoms with E-state index in [1.807, 2.05) is 11.3 Å². The number of benzene rings is 6. The van der Waals surface area contributed by atoms with Crippen LogP contribution < -0.4 is 10.5 Å². The molecule has 1 aliphatic rings. The lowest BCUT2D eigenvalue weighted by molar-refractivity contribution is 0.308. The number of hydrogen-bond acceptors (Lipinski definition) is 3. The van der Waals surface area contributed by atoms with E-state index in [0.29, 0.717) is 12.5 Å². The van der Waals surface area contributed by atoms with Crippen LogP contribution in [-0.4, -0.2) is 4.57 Å². The Bertz CT molecular complexity index is 2480. The minimum Gasteiger partial charge on any atom is -0.487 e. The van der Waals surface area contributed by atoms with Gasteiger partial charge in [0, 0.05) is 47.9 Å². The van der Waals surface area contributed by atoms with E-state index in [4.69, 9.17) is 10.5 Å². The Morgan fingerprint density at radius 1 is 0.756 bits per heavy atom. The molecule has 3 nitrogen and oxygen atoms in total. The van der Waals surface area contributed by atoms with Crippen LogP contribution >= 0.6 is 11.3 Å². The molecule has 0 amide bonds. The summed E-state index contributed by atoms with van der Waals surface area (Å²) in [6, 6.07) is 41.3. The maximum Gasteiger partial charge on any atom is 0.143 e. The molecule has 0 saturated heterocycles. The monoisotopic (exact) mass is 598 g/mol. The Morgan fingerprint density at radius 3 is 2.38 bits per heavy atom. The highest BCUT2D eigenvalue weighted by atomic mass is 32.1. The van der Waals surface area contributed by atoms with Crippen LogP contribution in [0.4, 0.5) is 5.69 Å². The average molecular weight is 599 g/mol. The number of anilines is 1. The highest BCUT2D eigenvalue weighted by Crippen LogP contribution is 2.47. The summed E-state index contributed by atoms with van der Waals surface area (Å²) in [4.78, 5) is 0. The third kappa shape index (κ3) is 4.17. The lowest BCUT2D eigenvalue weighted by Gasteiger charge is -2.18. The van der Waals surface area contributed by atoms with Crippen molar-refractivity contribution in [3.8, 4) is 11.4 Å². The van der Waals surface area contributed by atoms with Gasteiger partial charge in [0.1, 0.15) is 12.4 Å². The van der Waals surface area contributed by atoms with Gasteiger partial charge in [-0.25, -0.2) is 0 Å². The molecule has 0 radical (unpaired) electrons. The van der Waals surface area contributed by atoms with Crippen molar-refractivity contribution in [3.63, 3.8) is 0 Å². The van der Waals surface area contributed by atoms with Crippen LogP contribution in [0, 0.1) is 0 Å². The van der Waals surface area contributed by atoms with Crippen LogP contribution in [0.3, 0.4) is 0 Å². The summed E-state index contributed by atoms with van der Waals surface area (Å²) in [7, 11) is 0. The molecule has 0 saturated carbocycles. The molecule has 2 aromatic heterocycles. The fourth-order valence-electron chi connectivity index (χ4n) is 7.03. The molecule has 9 rings (SSSR count). The summed E-state index contributed by atoms with van der Waals surface area (Å²) in [5.74, 6) is 1.05. The maximum atomic E-state index is 6.88. The van der Waals surface area contributed by atoms with Crippen LogP contribution in [0.2, 0.25) is 0 Å². The topological polar surface area (TPSA) is 40.2 Å². The van der Waals surface area contributed by atoms with E-state index in [2.05, 4.69) is 144 Å². The van der Waals surface area contributed by atoms with Gasteiger partial charge < -0.3 is 15.0 Å². The van der Waals surface area contributed by atoms with Crippen LogP contribution in [0.5, 0.6) is 5.75 Å². The molecule has 2 N–H and O–H groups in total. The highest BCUT2D eigenvalue weighted by Gasteiger charge is 2.21. The second kappa shape index (κ2) is 10.4. The lowest BCUT2D eigenvalue weighted by Crippen LogP contribution is -2.03. The van der Waals surface area contributed by atoms with E-state index < -0.39 is 0 Å². The summed E-state index contributed by atoms with van der Waals surface area (Å²) >= 11 is 1.83. The predicted octanol–water partition coefficient (Wildman–Crippen LogP) is 11.1. The van der Waals surface area contributed by atoms with Crippen LogP contribution in [-0.2, 0) is 6.61 Å². The van der Waals surface area contributed by atoms with Crippen molar-refractivity contribution in [1.82, 2.24) is 4.57 Å². The third-order valence-corrected chi connectivity index (χ3v) is 10.4. The van der Waals surface area contributed by atoms with E-state index in [1.54, 1.807) is 0 Å². The van der Waals surface area contributed by atoms with E-state index in [-0.39, 0.29) is 0 Å². The molecular formula is C41H30N2OS. The molecular weight excluding hydrogens is 569 g/mol. The van der Waals surface area contributed by atoms with E-state index in [0.717, 1.165) is 34.5 Å². The summed E-state index contributed by atoms with van der Waals surface area (Å²) in [5, 5.41) is 7.33. The minimum atomic E-state index is 0.301. The quantitative estimate of drug-likeness (QED) is 0.200. The largest absolute Gasteiger partial charge is 0.487 e. The zero-order valence-corrected chi connectivity index (χ0v) is 25.4. The van der Waals surface area contributed by atoms with Crippen LogP contribution in [0.15, 0.2) is 140 Å². The second-order valence-electron chi connectivity index (χ2n) is 11.8. The molecule has 1 unspecified atom stereocenters. The van der Waals surface area contributed by atoms with Crippen LogP contribution in [0.1, 0.15) is 23.5 Å². The molecule has 1 aliphatic carbocycles. The molecule has 4 heteroatoms. The highest BCUT2D eigenvalue weighted by molar-refractivity contribution is 7.26. The lowest BCUT2D eigenvalue weighted by atomic mass is 9.90. The Labute approximate surface area is 265 Å². The van der Waals surface area contributed by atoms with Crippen molar-refractivity contribution >= 4 is 69.8 Å². The predicted molar refractivity (Wildman–Crippen MR) is 192 cm³/mol. The van der Waals surface area contributed by atoms with Gasteiger partial charge in [-0.1, -0.05) is 109 Å². The second-order valence-corrected chi connectivity index (χ2v) is 12.9. The van der Waals surface area contributed by atoms with Crippen molar-refractivity contribution in [3.05, 3.63) is 151 Å². The van der Waals surface area contributed by atoms with Gasteiger partial charge in [-0.3, -0.25) is 0 Å². The number of fused-ring (bicyclic) bond motifs is 8. The fraction of sp³-hybridized carbons (Fsp3) is 0.0732. The Morgan fingerprint density at radius 2 is 1.53 bits per heavy atom. The number of para-hydroxylation sites is 1. The summed E-state index contributed by atoms with van der Waals surface area (Å²) in [6.45, 7) is 0.439. The first-order valence-corrected chi connectivity index (χ1v) is 16.3.